The number of aliphatic carboxylic acids is 1. The van der Waals surface area contributed by atoms with E-state index in [9.17, 15) is 9.59 Å². The van der Waals surface area contributed by atoms with Crippen molar-refractivity contribution in [3.63, 3.8) is 0 Å². The Hall–Kier alpha value is -1.30. The van der Waals surface area contributed by atoms with Crippen molar-refractivity contribution in [3.8, 4) is 0 Å². The summed E-state index contributed by atoms with van der Waals surface area (Å²) >= 11 is 0. The zero-order valence-electron chi connectivity index (χ0n) is 11.2. The van der Waals surface area contributed by atoms with E-state index in [0.717, 1.165) is 19.6 Å². The van der Waals surface area contributed by atoms with Crippen LogP contribution in [0.5, 0.6) is 0 Å². The van der Waals surface area contributed by atoms with Gasteiger partial charge in [-0.15, -0.1) is 0 Å². The van der Waals surface area contributed by atoms with Crippen LogP contribution in [0.2, 0.25) is 0 Å². The SMILES string of the molecule is CCC(CC(=O)O)NC(=O)N1CCN(CC)CC1. The summed E-state index contributed by atoms with van der Waals surface area (Å²) in [6.45, 7) is 8.19. The van der Waals surface area contributed by atoms with Crippen molar-refractivity contribution in [3.05, 3.63) is 0 Å². The third-order valence-corrected chi connectivity index (χ3v) is 3.35. The summed E-state index contributed by atoms with van der Waals surface area (Å²) in [4.78, 5) is 26.6. The highest BCUT2D eigenvalue weighted by atomic mass is 16.4. The number of nitrogens with one attached hydrogen (secondary N) is 1. The maximum atomic E-state index is 11.9. The highest BCUT2D eigenvalue weighted by molar-refractivity contribution is 5.76. The lowest BCUT2D eigenvalue weighted by Gasteiger charge is -2.34. The van der Waals surface area contributed by atoms with Gasteiger partial charge in [0.1, 0.15) is 0 Å². The third kappa shape index (κ3) is 4.52. The van der Waals surface area contributed by atoms with E-state index in [4.69, 9.17) is 5.11 Å². The number of piperazine rings is 1. The summed E-state index contributed by atoms with van der Waals surface area (Å²) in [5, 5.41) is 11.5. The molecular weight excluding hydrogens is 234 g/mol. The average molecular weight is 257 g/mol. The number of likely N-dealkylation sites (N-methyl/N-ethyl adjacent to an activating group) is 1. The fourth-order valence-corrected chi connectivity index (χ4v) is 2.04. The van der Waals surface area contributed by atoms with Gasteiger partial charge < -0.3 is 20.2 Å². The van der Waals surface area contributed by atoms with Crippen LogP contribution in [-0.4, -0.2) is 65.7 Å². The highest BCUT2D eigenvalue weighted by Gasteiger charge is 2.22. The molecule has 0 aromatic rings. The van der Waals surface area contributed by atoms with Gasteiger partial charge in [-0.2, -0.15) is 0 Å². The van der Waals surface area contributed by atoms with Gasteiger partial charge in [0.25, 0.3) is 0 Å². The number of nitrogens with zero attached hydrogens (tertiary/aromatic N) is 2. The molecular formula is C12H23N3O3. The number of hydrogen-bond acceptors (Lipinski definition) is 3. The molecule has 2 amide bonds. The number of urea groups is 1. The number of rotatable bonds is 5. The molecule has 0 spiro atoms. The lowest BCUT2D eigenvalue weighted by Crippen LogP contribution is -2.53. The average Bonchev–Trinajstić information content (AvgIpc) is 2.37. The maximum Gasteiger partial charge on any atom is 0.317 e. The Morgan fingerprint density at radius 1 is 1.22 bits per heavy atom. The van der Waals surface area contributed by atoms with E-state index in [-0.39, 0.29) is 18.5 Å². The number of carboxylic acid groups (broad SMARTS) is 1. The molecule has 1 aliphatic rings. The molecule has 1 atom stereocenters. The van der Waals surface area contributed by atoms with Crippen molar-refractivity contribution >= 4 is 12.0 Å². The molecule has 6 nitrogen and oxygen atoms in total. The van der Waals surface area contributed by atoms with E-state index < -0.39 is 5.97 Å². The van der Waals surface area contributed by atoms with Gasteiger partial charge in [0.05, 0.1) is 6.42 Å². The van der Waals surface area contributed by atoms with Crippen molar-refractivity contribution in [1.82, 2.24) is 15.1 Å². The predicted octanol–water partition coefficient (Wildman–Crippen LogP) is 0.587. The second-order valence-corrected chi connectivity index (χ2v) is 4.57. The first kappa shape index (κ1) is 14.8. The topological polar surface area (TPSA) is 72.9 Å². The Balaban J connectivity index is 2.38. The van der Waals surface area contributed by atoms with Gasteiger partial charge in [-0.1, -0.05) is 13.8 Å². The van der Waals surface area contributed by atoms with E-state index >= 15 is 0 Å². The van der Waals surface area contributed by atoms with Crippen molar-refractivity contribution in [1.29, 1.82) is 0 Å². The van der Waals surface area contributed by atoms with Crippen LogP contribution in [0.25, 0.3) is 0 Å². The number of carbonyl (C=O) groups is 2. The molecule has 1 heterocycles. The van der Waals surface area contributed by atoms with Crippen LogP contribution in [0.3, 0.4) is 0 Å². The summed E-state index contributed by atoms with van der Waals surface area (Å²) < 4.78 is 0. The molecule has 6 heteroatoms. The molecule has 104 valence electrons. The molecule has 1 unspecified atom stereocenters. The molecule has 1 saturated heterocycles. The lowest BCUT2D eigenvalue weighted by molar-refractivity contribution is -0.137. The summed E-state index contributed by atoms with van der Waals surface area (Å²) in [7, 11) is 0. The Morgan fingerprint density at radius 2 is 1.83 bits per heavy atom. The molecule has 1 aliphatic heterocycles. The Labute approximate surface area is 108 Å². The van der Waals surface area contributed by atoms with Gasteiger partial charge in [0.15, 0.2) is 0 Å². The number of hydrogen-bond donors (Lipinski definition) is 2. The highest BCUT2D eigenvalue weighted by Crippen LogP contribution is 2.04. The molecule has 0 aromatic carbocycles. The quantitative estimate of drug-likeness (QED) is 0.756. The summed E-state index contributed by atoms with van der Waals surface area (Å²) in [5.41, 5.74) is 0. The summed E-state index contributed by atoms with van der Waals surface area (Å²) in [6.07, 6.45) is 0.615. The Morgan fingerprint density at radius 3 is 2.28 bits per heavy atom. The van der Waals surface area contributed by atoms with Gasteiger partial charge in [-0.25, -0.2) is 4.79 Å². The van der Waals surface area contributed by atoms with Gasteiger partial charge >= 0.3 is 12.0 Å². The van der Waals surface area contributed by atoms with Crippen molar-refractivity contribution < 1.29 is 14.7 Å². The fraction of sp³-hybridized carbons (Fsp3) is 0.833. The van der Waals surface area contributed by atoms with Gasteiger partial charge in [-0.3, -0.25) is 4.79 Å². The minimum absolute atomic E-state index is 0.0167. The van der Waals surface area contributed by atoms with Crippen molar-refractivity contribution in [2.24, 2.45) is 0 Å². The molecule has 18 heavy (non-hydrogen) atoms. The van der Waals surface area contributed by atoms with Crippen LogP contribution < -0.4 is 5.32 Å². The molecule has 0 aromatic heterocycles. The zero-order chi connectivity index (χ0) is 13.5. The van der Waals surface area contributed by atoms with Crippen LogP contribution in [0, 0.1) is 0 Å². The molecule has 0 bridgehead atoms. The molecule has 1 fully saturated rings. The predicted molar refractivity (Wildman–Crippen MR) is 68.6 cm³/mol. The number of carbonyl (C=O) groups excluding carboxylic acids is 1. The van der Waals surface area contributed by atoms with E-state index in [0.29, 0.717) is 19.5 Å². The molecule has 1 rings (SSSR count). The van der Waals surface area contributed by atoms with Crippen molar-refractivity contribution in [2.45, 2.75) is 32.7 Å². The van der Waals surface area contributed by atoms with Crippen molar-refractivity contribution in [2.75, 3.05) is 32.7 Å². The Kier molecular flexibility index (Phi) is 5.91. The first-order valence-electron chi connectivity index (χ1n) is 6.56. The minimum Gasteiger partial charge on any atom is -0.481 e. The monoisotopic (exact) mass is 257 g/mol. The van der Waals surface area contributed by atoms with Crippen LogP contribution in [0.15, 0.2) is 0 Å². The smallest absolute Gasteiger partial charge is 0.317 e. The van der Waals surface area contributed by atoms with Crippen LogP contribution in [-0.2, 0) is 4.79 Å². The molecule has 2 N–H and O–H groups in total. The second-order valence-electron chi connectivity index (χ2n) is 4.57. The summed E-state index contributed by atoms with van der Waals surface area (Å²) in [5.74, 6) is -0.877. The van der Waals surface area contributed by atoms with Crippen LogP contribution in [0.4, 0.5) is 4.79 Å². The first-order chi connectivity index (χ1) is 8.56. The number of amides is 2. The first-order valence-corrected chi connectivity index (χ1v) is 6.56. The largest absolute Gasteiger partial charge is 0.481 e. The zero-order valence-corrected chi connectivity index (χ0v) is 11.2. The van der Waals surface area contributed by atoms with Crippen LogP contribution in [0.1, 0.15) is 26.7 Å². The van der Waals surface area contributed by atoms with Crippen LogP contribution >= 0.6 is 0 Å². The molecule has 0 aliphatic carbocycles. The van der Waals surface area contributed by atoms with E-state index in [1.54, 1.807) is 4.90 Å². The van der Waals surface area contributed by atoms with E-state index in [2.05, 4.69) is 17.1 Å². The van der Waals surface area contributed by atoms with Gasteiger partial charge in [0.2, 0.25) is 0 Å². The lowest BCUT2D eigenvalue weighted by atomic mass is 10.1. The minimum atomic E-state index is -0.877. The molecule has 0 radical (unpaired) electrons. The fourth-order valence-electron chi connectivity index (χ4n) is 2.04. The summed E-state index contributed by atoms with van der Waals surface area (Å²) in [6, 6.07) is -0.418. The maximum absolute atomic E-state index is 11.9. The number of carboxylic acids is 1. The van der Waals surface area contributed by atoms with Gasteiger partial charge in [-0.05, 0) is 13.0 Å². The van der Waals surface area contributed by atoms with Gasteiger partial charge in [0, 0.05) is 32.2 Å². The molecule has 0 saturated carbocycles. The normalized spacial score (nSPS) is 18.4. The van der Waals surface area contributed by atoms with E-state index in [1.165, 1.54) is 0 Å². The second kappa shape index (κ2) is 7.20. The third-order valence-electron chi connectivity index (χ3n) is 3.35. The Bertz CT molecular complexity index is 288. The standard InChI is InChI=1S/C12H23N3O3/c1-3-10(9-11(16)17)13-12(18)15-7-5-14(4-2)6-8-15/h10H,3-9H2,1-2H3,(H,13,18)(H,16,17). The van der Waals surface area contributed by atoms with E-state index in [1.807, 2.05) is 6.92 Å².